The number of hydrogen-bond acceptors (Lipinski definition) is 4. The summed E-state index contributed by atoms with van der Waals surface area (Å²) in [5.74, 6) is 1.69. The van der Waals surface area contributed by atoms with Crippen molar-refractivity contribution in [2.45, 2.75) is 25.4 Å². The van der Waals surface area contributed by atoms with Gasteiger partial charge in [-0.25, -0.2) is 0 Å². The monoisotopic (exact) mass is 315 g/mol. The molecule has 1 fully saturated rings. The summed E-state index contributed by atoms with van der Waals surface area (Å²) in [5, 5.41) is 9.36. The highest BCUT2D eigenvalue weighted by atomic mass is 16.5. The van der Waals surface area contributed by atoms with E-state index in [1.54, 1.807) is 31.4 Å². The van der Waals surface area contributed by atoms with Crippen LogP contribution in [-0.2, 0) is 11.3 Å². The van der Waals surface area contributed by atoms with Crippen molar-refractivity contribution in [1.82, 2.24) is 4.90 Å². The zero-order valence-corrected chi connectivity index (χ0v) is 13.2. The third kappa shape index (κ3) is 3.56. The molecule has 5 heteroatoms. The highest BCUT2D eigenvalue weighted by molar-refractivity contribution is 5.91. The molecule has 1 aliphatic heterocycles. The fourth-order valence-electron chi connectivity index (χ4n) is 3.03. The highest BCUT2D eigenvalue weighted by Gasteiger charge is 2.26. The van der Waals surface area contributed by atoms with Gasteiger partial charge in [0.1, 0.15) is 18.1 Å². The second-order valence-corrected chi connectivity index (χ2v) is 5.86. The molecule has 122 valence electrons. The first-order chi connectivity index (χ1) is 11.2. The lowest BCUT2D eigenvalue weighted by Crippen LogP contribution is -2.37. The molecule has 1 N–H and O–H groups in total. The maximum atomic E-state index is 12.5. The Bertz CT molecular complexity index is 654. The van der Waals surface area contributed by atoms with Gasteiger partial charge in [-0.15, -0.1) is 0 Å². The Morgan fingerprint density at radius 3 is 2.57 bits per heavy atom. The number of phenolic OH excluding ortho intramolecular Hbond substituents is 1. The van der Waals surface area contributed by atoms with E-state index in [-0.39, 0.29) is 11.7 Å². The molecule has 1 aromatic heterocycles. The average molecular weight is 315 g/mol. The minimum Gasteiger partial charge on any atom is -0.508 e. The summed E-state index contributed by atoms with van der Waals surface area (Å²) in [5.41, 5.74) is 1.22. The molecule has 1 aromatic carbocycles. The maximum absolute atomic E-state index is 12.5. The first-order valence-corrected chi connectivity index (χ1v) is 7.83. The Kier molecular flexibility index (Phi) is 4.67. The van der Waals surface area contributed by atoms with Crippen LogP contribution in [0.3, 0.4) is 0 Å². The van der Waals surface area contributed by atoms with Crippen molar-refractivity contribution in [1.29, 1.82) is 0 Å². The summed E-state index contributed by atoms with van der Waals surface area (Å²) >= 11 is 0. The van der Waals surface area contributed by atoms with Crippen molar-refractivity contribution >= 4 is 5.91 Å². The Labute approximate surface area is 135 Å². The number of phenols is 1. The fraction of sp³-hybridized carbons (Fsp3) is 0.389. The van der Waals surface area contributed by atoms with Gasteiger partial charge in [-0.3, -0.25) is 4.79 Å². The van der Waals surface area contributed by atoms with Crippen LogP contribution in [0.5, 0.6) is 5.75 Å². The first kappa shape index (κ1) is 15.6. The molecular formula is C18H21NO4. The van der Waals surface area contributed by atoms with Crippen molar-refractivity contribution in [3.8, 4) is 5.75 Å². The number of methoxy groups -OCH3 is 1. The largest absolute Gasteiger partial charge is 0.508 e. The standard InChI is InChI=1S/C18H21NO4/c1-22-12-16-6-7-17(23-16)18(21)19-10-8-14(9-11-19)13-2-4-15(20)5-3-13/h2-7,14,20H,8-12H2,1H3. The summed E-state index contributed by atoms with van der Waals surface area (Å²) in [7, 11) is 1.60. The van der Waals surface area contributed by atoms with Crippen molar-refractivity contribution < 1.29 is 19.1 Å². The highest BCUT2D eigenvalue weighted by Crippen LogP contribution is 2.29. The van der Waals surface area contributed by atoms with Crippen molar-refractivity contribution in [2.24, 2.45) is 0 Å². The van der Waals surface area contributed by atoms with E-state index < -0.39 is 0 Å². The van der Waals surface area contributed by atoms with Crippen LogP contribution in [0.4, 0.5) is 0 Å². The van der Waals surface area contributed by atoms with Crippen LogP contribution < -0.4 is 0 Å². The molecule has 0 bridgehead atoms. The van der Waals surface area contributed by atoms with Gasteiger partial charge in [0.2, 0.25) is 0 Å². The van der Waals surface area contributed by atoms with Crippen LogP contribution in [0.1, 0.15) is 40.6 Å². The number of hydrogen-bond donors (Lipinski definition) is 1. The zero-order chi connectivity index (χ0) is 16.2. The van der Waals surface area contributed by atoms with Crippen molar-refractivity contribution in [2.75, 3.05) is 20.2 Å². The third-order valence-corrected chi connectivity index (χ3v) is 4.31. The molecule has 1 aliphatic rings. The molecule has 0 aliphatic carbocycles. The summed E-state index contributed by atoms with van der Waals surface area (Å²) in [6.07, 6.45) is 1.84. The number of carbonyl (C=O) groups excluding carboxylic acids is 1. The van der Waals surface area contributed by atoms with E-state index in [4.69, 9.17) is 9.15 Å². The molecule has 23 heavy (non-hydrogen) atoms. The molecule has 1 saturated heterocycles. The van der Waals surface area contributed by atoms with Gasteiger partial charge in [0.15, 0.2) is 5.76 Å². The molecule has 0 atom stereocenters. The number of carbonyl (C=O) groups is 1. The van der Waals surface area contributed by atoms with Gasteiger partial charge in [-0.1, -0.05) is 12.1 Å². The Balaban J connectivity index is 1.59. The summed E-state index contributed by atoms with van der Waals surface area (Å²) in [6.45, 7) is 1.80. The SMILES string of the molecule is COCc1ccc(C(=O)N2CCC(c3ccc(O)cc3)CC2)o1. The van der Waals surface area contributed by atoms with Crippen molar-refractivity contribution in [3.05, 3.63) is 53.5 Å². The average Bonchev–Trinajstić information content (AvgIpc) is 3.04. The third-order valence-electron chi connectivity index (χ3n) is 4.31. The molecule has 2 aromatic rings. The molecule has 5 nitrogen and oxygen atoms in total. The maximum Gasteiger partial charge on any atom is 0.289 e. The molecule has 1 amide bonds. The topological polar surface area (TPSA) is 62.9 Å². The van der Waals surface area contributed by atoms with E-state index in [0.717, 1.165) is 12.8 Å². The Hall–Kier alpha value is -2.27. The normalized spacial score (nSPS) is 15.8. The van der Waals surface area contributed by atoms with E-state index in [1.807, 2.05) is 17.0 Å². The molecule has 0 spiro atoms. The molecule has 3 rings (SSSR count). The number of furan rings is 1. The van der Waals surface area contributed by atoms with Crippen molar-refractivity contribution in [3.63, 3.8) is 0 Å². The fourth-order valence-corrected chi connectivity index (χ4v) is 3.03. The molecular weight excluding hydrogens is 294 g/mol. The van der Waals surface area contributed by atoms with Gasteiger partial charge in [0.25, 0.3) is 5.91 Å². The zero-order valence-electron chi connectivity index (χ0n) is 13.2. The summed E-state index contributed by atoms with van der Waals surface area (Å²) < 4.78 is 10.5. The minimum atomic E-state index is -0.0588. The lowest BCUT2D eigenvalue weighted by molar-refractivity contribution is 0.0673. The lowest BCUT2D eigenvalue weighted by atomic mass is 9.89. The van der Waals surface area contributed by atoms with Gasteiger partial charge in [0, 0.05) is 20.2 Å². The molecule has 2 heterocycles. The number of amides is 1. The summed E-state index contributed by atoms with van der Waals surface area (Å²) in [6, 6.07) is 10.8. The second-order valence-electron chi connectivity index (χ2n) is 5.86. The van der Waals surface area contributed by atoms with Crippen LogP contribution in [0.25, 0.3) is 0 Å². The number of aromatic hydroxyl groups is 1. The van der Waals surface area contributed by atoms with E-state index >= 15 is 0 Å². The first-order valence-electron chi connectivity index (χ1n) is 7.83. The molecule has 0 unspecified atom stereocenters. The second kappa shape index (κ2) is 6.87. The number of likely N-dealkylation sites (tertiary alicyclic amines) is 1. The van der Waals surface area contributed by atoms with Gasteiger partial charge in [-0.05, 0) is 48.6 Å². The van der Waals surface area contributed by atoms with E-state index in [2.05, 4.69) is 0 Å². The lowest BCUT2D eigenvalue weighted by Gasteiger charge is -2.31. The number of piperidine rings is 1. The number of rotatable bonds is 4. The van der Waals surface area contributed by atoms with E-state index in [9.17, 15) is 9.90 Å². The van der Waals surface area contributed by atoms with Crippen LogP contribution in [0, 0.1) is 0 Å². The van der Waals surface area contributed by atoms with Gasteiger partial charge in [-0.2, -0.15) is 0 Å². The number of ether oxygens (including phenoxy) is 1. The van der Waals surface area contributed by atoms with Gasteiger partial charge >= 0.3 is 0 Å². The van der Waals surface area contributed by atoms with E-state index in [0.29, 0.717) is 37.1 Å². The smallest absolute Gasteiger partial charge is 0.289 e. The Morgan fingerprint density at radius 2 is 1.91 bits per heavy atom. The molecule has 0 radical (unpaired) electrons. The van der Waals surface area contributed by atoms with Crippen LogP contribution in [0.2, 0.25) is 0 Å². The van der Waals surface area contributed by atoms with Crippen LogP contribution >= 0.6 is 0 Å². The summed E-state index contributed by atoms with van der Waals surface area (Å²) in [4.78, 5) is 14.3. The van der Waals surface area contributed by atoms with Gasteiger partial charge < -0.3 is 19.2 Å². The Morgan fingerprint density at radius 1 is 1.22 bits per heavy atom. The van der Waals surface area contributed by atoms with Crippen LogP contribution in [-0.4, -0.2) is 36.1 Å². The number of benzene rings is 1. The predicted octanol–water partition coefficient (Wildman–Crippen LogP) is 3.15. The quantitative estimate of drug-likeness (QED) is 0.941. The molecule has 0 saturated carbocycles. The van der Waals surface area contributed by atoms with E-state index in [1.165, 1.54) is 5.56 Å². The van der Waals surface area contributed by atoms with Gasteiger partial charge in [0.05, 0.1) is 0 Å². The predicted molar refractivity (Wildman–Crippen MR) is 85.4 cm³/mol. The minimum absolute atomic E-state index is 0.0588. The van der Waals surface area contributed by atoms with Crippen LogP contribution in [0.15, 0.2) is 40.8 Å². The number of nitrogens with zero attached hydrogens (tertiary/aromatic N) is 1.